The Labute approximate surface area is 62.1 Å². The van der Waals surface area contributed by atoms with Crippen LogP contribution in [0.3, 0.4) is 0 Å². The van der Waals surface area contributed by atoms with Crippen LogP contribution in [-0.4, -0.2) is 13.6 Å². The highest BCUT2D eigenvalue weighted by molar-refractivity contribution is 7.84. The maximum Gasteiger partial charge on any atom is 0.0103 e. The Kier molecular flexibility index (Phi) is 6.14. The van der Waals surface area contributed by atoms with Gasteiger partial charge in [-0.25, -0.2) is 0 Å². The molecule has 0 aliphatic carbocycles. The number of hydrogen-bond acceptors (Lipinski definition) is 3. The van der Waals surface area contributed by atoms with Crippen LogP contribution in [0, 0.1) is 0 Å². The Balaban J connectivity index is 2.83. The maximum absolute atomic E-state index is 4.06. The first kappa shape index (κ1) is 9.01. The predicted octanol–water partition coefficient (Wildman–Crippen LogP) is 0.934. The molecule has 0 aliphatic heterocycles. The van der Waals surface area contributed by atoms with E-state index in [0.717, 1.165) is 24.3 Å². The number of thiol groups is 1. The lowest BCUT2D eigenvalue weighted by Gasteiger charge is -2.00. The van der Waals surface area contributed by atoms with Crippen LogP contribution in [0.2, 0.25) is 0 Å². The van der Waals surface area contributed by atoms with Crippen LogP contribution in [0.5, 0.6) is 0 Å². The summed E-state index contributed by atoms with van der Waals surface area (Å²) in [5, 5.41) is 0. The van der Waals surface area contributed by atoms with Crippen LogP contribution in [0.4, 0.5) is 0 Å². The number of hydrogen-bond donors (Lipinski definition) is 3. The lowest BCUT2D eigenvalue weighted by atomic mass is 10.3. The van der Waals surface area contributed by atoms with Crippen molar-refractivity contribution in [3.8, 4) is 0 Å². The summed E-state index contributed by atoms with van der Waals surface area (Å²) in [7, 11) is 1.86. The molecule has 0 rings (SSSR count). The lowest BCUT2D eigenvalue weighted by molar-refractivity contribution is 0.577. The Morgan fingerprint density at radius 2 is 2.33 bits per heavy atom. The third-order valence-corrected chi connectivity index (χ3v) is 1.17. The van der Waals surface area contributed by atoms with Crippen LogP contribution in [-0.2, 0) is 0 Å². The monoisotopic (exact) mass is 146 g/mol. The van der Waals surface area contributed by atoms with Gasteiger partial charge in [0.25, 0.3) is 0 Å². The van der Waals surface area contributed by atoms with Gasteiger partial charge < -0.3 is 0 Å². The molecule has 0 saturated heterocycles. The fraction of sp³-hybridized carbons (Fsp3) is 0.667. The molecule has 2 N–H and O–H groups in total. The highest BCUT2D eigenvalue weighted by Crippen LogP contribution is 2.03. The molecular formula is C6H14N2S. The van der Waals surface area contributed by atoms with E-state index in [1.807, 2.05) is 7.05 Å². The van der Waals surface area contributed by atoms with E-state index in [1.165, 1.54) is 0 Å². The van der Waals surface area contributed by atoms with Crippen molar-refractivity contribution in [1.29, 1.82) is 0 Å². The van der Waals surface area contributed by atoms with E-state index in [-0.39, 0.29) is 0 Å². The van der Waals surface area contributed by atoms with E-state index in [4.69, 9.17) is 0 Å². The number of nitrogens with one attached hydrogen (secondary N) is 2. The molecule has 0 radical (unpaired) electrons. The molecule has 0 aliphatic rings. The summed E-state index contributed by atoms with van der Waals surface area (Å²) in [6.45, 7) is 4.64. The van der Waals surface area contributed by atoms with E-state index in [1.54, 1.807) is 0 Å². The molecule has 0 unspecified atom stereocenters. The molecule has 0 saturated carbocycles. The molecule has 0 amide bonds. The van der Waals surface area contributed by atoms with Crippen molar-refractivity contribution in [3.63, 3.8) is 0 Å². The van der Waals surface area contributed by atoms with Gasteiger partial charge in [-0.1, -0.05) is 6.58 Å². The van der Waals surface area contributed by atoms with Gasteiger partial charge in [-0.2, -0.15) is 0 Å². The molecule has 9 heavy (non-hydrogen) atoms. The van der Waals surface area contributed by atoms with Crippen molar-refractivity contribution in [1.82, 2.24) is 10.9 Å². The Hall–Kier alpha value is 0.01000. The highest BCUT2D eigenvalue weighted by atomic mass is 32.1. The zero-order valence-electron chi connectivity index (χ0n) is 5.78. The molecule has 2 nitrogen and oxygen atoms in total. The second-order valence-corrected chi connectivity index (χ2v) is 2.48. The predicted molar refractivity (Wildman–Crippen MR) is 44.4 cm³/mol. The first-order chi connectivity index (χ1) is 4.27. The first-order valence-corrected chi connectivity index (χ1v) is 3.48. The average molecular weight is 146 g/mol. The van der Waals surface area contributed by atoms with Crippen molar-refractivity contribution in [3.05, 3.63) is 11.5 Å². The summed E-state index contributed by atoms with van der Waals surface area (Å²) in [4.78, 5) is 0.952. The van der Waals surface area contributed by atoms with E-state index < -0.39 is 0 Å². The molecule has 0 atom stereocenters. The Morgan fingerprint density at radius 1 is 1.67 bits per heavy atom. The minimum atomic E-state index is 0.952. The molecule has 0 aromatic rings. The highest BCUT2D eigenvalue weighted by Gasteiger charge is 1.85. The van der Waals surface area contributed by atoms with Crippen molar-refractivity contribution < 1.29 is 0 Å². The average Bonchev–Trinajstić information content (AvgIpc) is 1.80. The molecule has 0 spiro atoms. The van der Waals surface area contributed by atoms with Gasteiger partial charge in [-0.05, 0) is 24.8 Å². The van der Waals surface area contributed by atoms with Crippen molar-refractivity contribution >= 4 is 12.6 Å². The van der Waals surface area contributed by atoms with Crippen molar-refractivity contribution in [2.24, 2.45) is 0 Å². The minimum Gasteiger partial charge on any atom is -0.261 e. The summed E-state index contributed by atoms with van der Waals surface area (Å²) in [5.41, 5.74) is 5.82. The second kappa shape index (κ2) is 6.13. The fourth-order valence-electron chi connectivity index (χ4n) is 0.506. The maximum atomic E-state index is 4.06. The van der Waals surface area contributed by atoms with Crippen LogP contribution < -0.4 is 10.9 Å². The zero-order chi connectivity index (χ0) is 7.11. The number of hydrazine groups is 1. The molecule has 0 aromatic heterocycles. The van der Waals surface area contributed by atoms with Crippen molar-refractivity contribution in [2.45, 2.75) is 12.8 Å². The summed E-state index contributed by atoms with van der Waals surface area (Å²) in [6.07, 6.45) is 2.07. The van der Waals surface area contributed by atoms with Gasteiger partial charge >= 0.3 is 0 Å². The molecule has 0 aromatic carbocycles. The molecule has 0 heterocycles. The van der Waals surface area contributed by atoms with Crippen molar-refractivity contribution in [2.75, 3.05) is 13.6 Å². The van der Waals surface area contributed by atoms with Crippen LogP contribution in [0.25, 0.3) is 0 Å². The Bertz CT molecular complexity index is 83.1. The fourth-order valence-corrected chi connectivity index (χ4v) is 0.664. The molecule has 0 bridgehead atoms. The second-order valence-electron chi connectivity index (χ2n) is 1.85. The van der Waals surface area contributed by atoms with Crippen LogP contribution in [0.1, 0.15) is 12.8 Å². The molecule has 54 valence electrons. The van der Waals surface area contributed by atoms with Gasteiger partial charge in [-0.3, -0.25) is 10.9 Å². The summed E-state index contributed by atoms with van der Waals surface area (Å²) in [5.74, 6) is 0. The van der Waals surface area contributed by atoms with E-state index >= 15 is 0 Å². The van der Waals surface area contributed by atoms with Gasteiger partial charge in [-0.15, -0.1) is 12.6 Å². The normalized spacial score (nSPS) is 9.56. The van der Waals surface area contributed by atoms with E-state index in [0.29, 0.717) is 0 Å². The van der Waals surface area contributed by atoms with E-state index in [2.05, 4.69) is 30.1 Å². The zero-order valence-corrected chi connectivity index (χ0v) is 6.67. The van der Waals surface area contributed by atoms with Gasteiger partial charge in [0.05, 0.1) is 0 Å². The third kappa shape index (κ3) is 8.01. The number of rotatable bonds is 5. The van der Waals surface area contributed by atoms with Crippen LogP contribution in [0.15, 0.2) is 11.5 Å². The van der Waals surface area contributed by atoms with E-state index in [9.17, 15) is 0 Å². The summed E-state index contributed by atoms with van der Waals surface area (Å²) < 4.78 is 0. The first-order valence-electron chi connectivity index (χ1n) is 3.03. The van der Waals surface area contributed by atoms with Gasteiger partial charge in [0.1, 0.15) is 0 Å². The van der Waals surface area contributed by atoms with Crippen LogP contribution >= 0.6 is 12.6 Å². The quantitative estimate of drug-likeness (QED) is 0.305. The molecular weight excluding hydrogens is 132 g/mol. The van der Waals surface area contributed by atoms with Gasteiger partial charge in [0.2, 0.25) is 0 Å². The summed E-state index contributed by atoms with van der Waals surface area (Å²) >= 11 is 4.06. The largest absolute Gasteiger partial charge is 0.261 e. The smallest absolute Gasteiger partial charge is 0.0103 e. The lowest BCUT2D eigenvalue weighted by Crippen LogP contribution is -2.28. The van der Waals surface area contributed by atoms with Gasteiger partial charge in [0.15, 0.2) is 0 Å². The standard InChI is InChI=1S/C6H14N2S/c1-6(9)4-3-5-8-7-2/h7-9H,1,3-5H2,2H3. The topological polar surface area (TPSA) is 24.1 Å². The van der Waals surface area contributed by atoms with Gasteiger partial charge in [0, 0.05) is 6.54 Å². The Morgan fingerprint density at radius 3 is 2.78 bits per heavy atom. The number of allylic oxidation sites excluding steroid dienone is 1. The SMILES string of the molecule is C=C(S)CCCNNC. The minimum absolute atomic E-state index is 0.952. The summed E-state index contributed by atoms with van der Waals surface area (Å²) in [6, 6.07) is 0. The molecule has 3 heteroatoms. The molecule has 0 fully saturated rings. The third-order valence-electron chi connectivity index (χ3n) is 0.944.